The van der Waals surface area contributed by atoms with Crippen LogP contribution in [0, 0.1) is 11.8 Å². The molecule has 2 atom stereocenters. The Balaban J connectivity index is 1.84. The predicted molar refractivity (Wildman–Crippen MR) is 66.2 cm³/mol. The van der Waals surface area contributed by atoms with Crippen molar-refractivity contribution < 1.29 is 5.11 Å². The van der Waals surface area contributed by atoms with E-state index in [0.29, 0.717) is 17.9 Å². The van der Waals surface area contributed by atoms with E-state index in [4.69, 9.17) is 5.73 Å². The van der Waals surface area contributed by atoms with Gasteiger partial charge in [0.15, 0.2) is 0 Å². The summed E-state index contributed by atoms with van der Waals surface area (Å²) in [6, 6.07) is 0.357. The van der Waals surface area contributed by atoms with E-state index < -0.39 is 0 Å². The molecule has 94 valence electrons. The third kappa shape index (κ3) is 2.96. The van der Waals surface area contributed by atoms with E-state index >= 15 is 0 Å². The molecule has 0 aromatic carbocycles. The first-order chi connectivity index (χ1) is 7.66. The molecule has 0 bridgehead atoms. The maximum atomic E-state index is 9.51. The highest BCUT2D eigenvalue weighted by Gasteiger charge is 2.31. The van der Waals surface area contributed by atoms with Gasteiger partial charge in [-0.25, -0.2) is 0 Å². The van der Waals surface area contributed by atoms with Crippen molar-refractivity contribution in [3.63, 3.8) is 0 Å². The molecule has 3 N–H and O–H groups in total. The molecule has 0 aromatic rings. The largest absolute Gasteiger partial charge is 0.393 e. The number of nitrogens with two attached hydrogens (primary N) is 1. The normalized spacial score (nSPS) is 39.6. The Hall–Kier alpha value is -0.120. The molecule has 0 radical (unpaired) electrons. The van der Waals surface area contributed by atoms with Crippen LogP contribution in [-0.4, -0.2) is 42.3 Å². The van der Waals surface area contributed by atoms with Gasteiger partial charge in [-0.3, -0.25) is 0 Å². The molecular weight excluding hydrogens is 200 g/mol. The summed E-state index contributed by atoms with van der Waals surface area (Å²) in [6.45, 7) is 2.40. The van der Waals surface area contributed by atoms with Crippen LogP contribution < -0.4 is 5.73 Å². The summed E-state index contributed by atoms with van der Waals surface area (Å²) in [4.78, 5) is 2.41. The van der Waals surface area contributed by atoms with Gasteiger partial charge in [-0.05, 0) is 64.0 Å². The van der Waals surface area contributed by atoms with Gasteiger partial charge in [-0.15, -0.1) is 0 Å². The van der Waals surface area contributed by atoms with Crippen LogP contribution in [0.5, 0.6) is 0 Å². The molecule has 0 amide bonds. The zero-order valence-electron chi connectivity index (χ0n) is 10.4. The van der Waals surface area contributed by atoms with Crippen LogP contribution in [0.4, 0.5) is 0 Å². The molecule has 3 nitrogen and oxygen atoms in total. The molecule has 1 aliphatic carbocycles. The quantitative estimate of drug-likeness (QED) is 0.744. The summed E-state index contributed by atoms with van der Waals surface area (Å²) in [6.07, 6.45) is 6.71. The van der Waals surface area contributed by atoms with Gasteiger partial charge in [-0.2, -0.15) is 0 Å². The van der Waals surface area contributed by atoms with Gasteiger partial charge in [0.1, 0.15) is 0 Å². The van der Waals surface area contributed by atoms with E-state index in [9.17, 15) is 5.11 Å². The Kier molecular flexibility index (Phi) is 4.22. The number of aliphatic hydroxyl groups is 1. The first-order valence-corrected chi connectivity index (χ1v) is 6.79. The molecule has 1 aliphatic heterocycles. The van der Waals surface area contributed by atoms with Crippen molar-refractivity contribution in [1.82, 2.24) is 4.90 Å². The summed E-state index contributed by atoms with van der Waals surface area (Å²) in [5.41, 5.74) is 6.42. The Morgan fingerprint density at radius 3 is 2.44 bits per heavy atom. The molecule has 2 fully saturated rings. The zero-order chi connectivity index (χ0) is 11.5. The van der Waals surface area contributed by atoms with Gasteiger partial charge in [0, 0.05) is 12.6 Å². The maximum absolute atomic E-state index is 9.51. The molecule has 0 spiro atoms. The zero-order valence-corrected chi connectivity index (χ0v) is 10.4. The SMILES string of the molecule is CN1CCCC(C(N)C2CCC(O)CC2)C1. The first-order valence-electron chi connectivity index (χ1n) is 6.79. The van der Waals surface area contributed by atoms with Crippen LogP contribution in [0.1, 0.15) is 38.5 Å². The van der Waals surface area contributed by atoms with Crippen molar-refractivity contribution in [2.75, 3.05) is 20.1 Å². The highest BCUT2D eigenvalue weighted by atomic mass is 16.3. The molecule has 2 aliphatic rings. The average Bonchev–Trinajstić information content (AvgIpc) is 2.29. The van der Waals surface area contributed by atoms with Crippen molar-refractivity contribution in [2.45, 2.75) is 50.7 Å². The predicted octanol–water partition coefficient (Wildman–Crippen LogP) is 1.21. The second kappa shape index (κ2) is 5.48. The topological polar surface area (TPSA) is 49.5 Å². The lowest BCUT2D eigenvalue weighted by atomic mass is 9.76. The summed E-state index contributed by atoms with van der Waals surface area (Å²) >= 11 is 0. The second-order valence-corrected chi connectivity index (χ2v) is 5.81. The van der Waals surface area contributed by atoms with E-state index in [-0.39, 0.29) is 6.10 Å². The van der Waals surface area contributed by atoms with Crippen LogP contribution in [0.2, 0.25) is 0 Å². The molecule has 2 unspecified atom stereocenters. The van der Waals surface area contributed by atoms with Crippen molar-refractivity contribution in [1.29, 1.82) is 0 Å². The van der Waals surface area contributed by atoms with Crippen LogP contribution in [0.15, 0.2) is 0 Å². The summed E-state index contributed by atoms with van der Waals surface area (Å²) in [5, 5.41) is 9.51. The molecular formula is C13H26N2O. The molecule has 1 heterocycles. The van der Waals surface area contributed by atoms with Crippen LogP contribution >= 0.6 is 0 Å². The minimum Gasteiger partial charge on any atom is -0.393 e. The lowest BCUT2D eigenvalue weighted by Crippen LogP contribution is -2.46. The average molecular weight is 226 g/mol. The molecule has 2 rings (SSSR count). The number of aliphatic hydroxyl groups excluding tert-OH is 1. The fraction of sp³-hybridized carbons (Fsp3) is 1.00. The standard InChI is InChI=1S/C13H26N2O/c1-15-8-2-3-11(9-15)13(14)10-4-6-12(16)7-5-10/h10-13,16H,2-9,14H2,1H3. The second-order valence-electron chi connectivity index (χ2n) is 5.81. The number of likely N-dealkylation sites (tertiary alicyclic amines) is 1. The molecule has 16 heavy (non-hydrogen) atoms. The Labute approximate surface area is 99.0 Å². The number of nitrogens with zero attached hydrogens (tertiary/aromatic N) is 1. The van der Waals surface area contributed by atoms with Crippen LogP contribution in [0.3, 0.4) is 0 Å². The van der Waals surface area contributed by atoms with Gasteiger partial charge in [-0.1, -0.05) is 0 Å². The fourth-order valence-corrected chi connectivity index (χ4v) is 3.39. The number of hydrogen-bond donors (Lipinski definition) is 2. The fourth-order valence-electron chi connectivity index (χ4n) is 3.39. The monoisotopic (exact) mass is 226 g/mol. The van der Waals surface area contributed by atoms with Crippen molar-refractivity contribution in [2.24, 2.45) is 17.6 Å². The first kappa shape index (κ1) is 12.3. The Morgan fingerprint density at radius 2 is 1.81 bits per heavy atom. The van der Waals surface area contributed by atoms with E-state index in [1.54, 1.807) is 0 Å². The van der Waals surface area contributed by atoms with Gasteiger partial charge in [0.2, 0.25) is 0 Å². The van der Waals surface area contributed by atoms with Crippen molar-refractivity contribution in [3.8, 4) is 0 Å². The van der Waals surface area contributed by atoms with Crippen LogP contribution in [0.25, 0.3) is 0 Å². The summed E-state index contributed by atoms with van der Waals surface area (Å²) in [5.74, 6) is 1.33. The van der Waals surface area contributed by atoms with Crippen molar-refractivity contribution in [3.05, 3.63) is 0 Å². The highest BCUT2D eigenvalue weighted by Crippen LogP contribution is 2.31. The van der Waals surface area contributed by atoms with Crippen LogP contribution in [-0.2, 0) is 0 Å². The summed E-state index contributed by atoms with van der Waals surface area (Å²) in [7, 11) is 2.20. The molecule has 0 aromatic heterocycles. The lowest BCUT2D eigenvalue weighted by molar-refractivity contribution is 0.0828. The smallest absolute Gasteiger partial charge is 0.0540 e. The molecule has 1 saturated heterocycles. The third-order valence-electron chi connectivity index (χ3n) is 4.49. The minimum absolute atomic E-state index is 0.0579. The number of piperidine rings is 1. The van der Waals surface area contributed by atoms with E-state index in [0.717, 1.165) is 25.7 Å². The van der Waals surface area contributed by atoms with E-state index in [1.165, 1.54) is 25.9 Å². The van der Waals surface area contributed by atoms with Gasteiger partial charge >= 0.3 is 0 Å². The lowest BCUT2D eigenvalue weighted by Gasteiger charge is -2.39. The van der Waals surface area contributed by atoms with Crippen molar-refractivity contribution >= 4 is 0 Å². The Bertz CT molecular complexity index is 214. The van der Waals surface area contributed by atoms with E-state index in [1.807, 2.05) is 0 Å². The number of hydrogen-bond acceptors (Lipinski definition) is 3. The third-order valence-corrected chi connectivity index (χ3v) is 4.49. The van der Waals surface area contributed by atoms with Gasteiger partial charge < -0.3 is 15.7 Å². The minimum atomic E-state index is -0.0579. The number of rotatable bonds is 2. The Morgan fingerprint density at radius 1 is 1.12 bits per heavy atom. The highest BCUT2D eigenvalue weighted by molar-refractivity contribution is 4.87. The maximum Gasteiger partial charge on any atom is 0.0540 e. The van der Waals surface area contributed by atoms with Gasteiger partial charge in [0.25, 0.3) is 0 Å². The molecule has 3 heteroatoms. The summed E-state index contributed by atoms with van der Waals surface area (Å²) < 4.78 is 0. The molecule has 1 saturated carbocycles. The van der Waals surface area contributed by atoms with Gasteiger partial charge in [0.05, 0.1) is 6.10 Å². The van der Waals surface area contributed by atoms with E-state index in [2.05, 4.69) is 11.9 Å².